The van der Waals surface area contributed by atoms with Crippen LogP contribution in [0.5, 0.6) is 0 Å². The van der Waals surface area contributed by atoms with E-state index in [2.05, 4.69) is 50.0 Å². The van der Waals surface area contributed by atoms with Gasteiger partial charge in [-0.1, -0.05) is 42.5 Å². The number of rotatable bonds is 7. The van der Waals surface area contributed by atoms with E-state index in [1.165, 1.54) is 5.56 Å². The summed E-state index contributed by atoms with van der Waals surface area (Å²) in [5.41, 5.74) is 3.27. The zero-order chi connectivity index (χ0) is 19.9. The van der Waals surface area contributed by atoms with Crippen molar-refractivity contribution in [3.05, 3.63) is 90.8 Å². The molecule has 1 aromatic heterocycles. The average Bonchev–Trinajstić information content (AvgIpc) is 2.80. The van der Waals surface area contributed by atoms with Gasteiger partial charge in [0.1, 0.15) is 6.17 Å². The lowest BCUT2D eigenvalue weighted by Crippen LogP contribution is -2.55. The fraction of sp³-hybridized carbons (Fsp3) is 0.250. The van der Waals surface area contributed by atoms with Crippen LogP contribution >= 0.6 is 0 Å². The SMILES string of the molecule is O=CC(N1CCN(Cc2cccnc2)CC1)N(c1ccccc1)c1ccccc1. The number of hydrogen-bond donors (Lipinski definition) is 0. The second-order valence-electron chi connectivity index (χ2n) is 7.26. The van der Waals surface area contributed by atoms with E-state index in [4.69, 9.17) is 0 Å². The van der Waals surface area contributed by atoms with Crippen molar-refractivity contribution in [3.63, 3.8) is 0 Å². The first-order chi connectivity index (χ1) is 14.3. The highest BCUT2D eigenvalue weighted by Gasteiger charge is 2.29. The minimum Gasteiger partial charge on any atom is -0.318 e. The van der Waals surface area contributed by atoms with E-state index in [9.17, 15) is 4.79 Å². The number of hydrogen-bond acceptors (Lipinski definition) is 5. The molecular weight excluding hydrogens is 360 g/mol. The number of pyridine rings is 1. The van der Waals surface area contributed by atoms with Gasteiger partial charge in [-0.15, -0.1) is 0 Å². The fourth-order valence-corrected chi connectivity index (χ4v) is 3.88. The molecule has 1 unspecified atom stereocenters. The maximum absolute atomic E-state index is 12.3. The number of anilines is 2. The Kier molecular flexibility index (Phi) is 6.29. The Balaban J connectivity index is 1.50. The normalized spacial score (nSPS) is 16.3. The van der Waals surface area contributed by atoms with Crippen LogP contribution in [-0.2, 0) is 11.3 Å². The van der Waals surface area contributed by atoms with Crippen molar-refractivity contribution in [1.82, 2.24) is 14.8 Å². The third kappa shape index (κ3) is 4.70. The van der Waals surface area contributed by atoms with E-state index < -0.39 is 0 Å². The predicted octanol–water partition coefficient (Wildman–Crippen LogP) is 3.56. The number of piperazine rings is 1. The standard InChI is InChI=1S/C24H26N4O/c29-20-24(27-16-14-26(15-17-27)19-21-8-7-13-25-18-21)28(22-9-3-1-4-10-22)23-11-5-2-6-12-23/h1-13,18,20,24H,14-17,19H2. The number of carbonyl (C=O) groups is 1. The number of benzene rings is 2. The molecule has 0 radical (unpaired) electrons. The molecule has 2 aromatic carbocycles. The molecule has 29 heavy (non-hydrogen) atoms. The first-order valence-corrected chi connectivity index (χ1v) is 10.0. The zero-order valence-corrected chi connectivity index (χ0v) is 16.5. The monoisotopic (exact) mass is 386 g/mol. The van der Waals surface area contributed by atoms with E-state index in [1.807, 2.05) is 48.7 Å². The predicted molar refractivity (Wildman–Crippen MR) is 116 cm³/mol. The lowest BCUT2D eigenvalue weighted by molar-refractivity contribution is -0.112. The summed E-state index contributed by atoms with van der Waals surface area (Å²) >= 11 is 0. The molecule has 0 aliphatic carbocycles. The minimum absolute atomic E-state index is 0.333. The minimum atomic E-state index is -0.333. The average molecular weight is 386 g/mol. The van der Waals surface area contributed by atoms with Gasteiger partial charge in [-0.25, -0.2) is 0 Å². The van der Waals surface area contributed by atoms with Crippen LogP contribution in [0.25, 0.3) is 0 Å². The Morgan fingerprint density at radius 2 is 1.48 bits per heavy atom. The molecule has 0 amide bonds. The largest absolute Gasteiger partial charge is 0.318 e. The van der Waals surface area contributed by atoms with Crippen molar-refractivity contribution in [2.45, 2.75) is 12.7 Å². The molecule has 1 fully saturated rings. The van der Waals surface area contributed by atoms with Crippen molar-refractivity contribution in [2.24, 2.45) is 0 Å². The highest BCUT2D eigenvalue weighted by Crippen LogP contribution is 2.28. The molecule has 5 nitrogen and oxygen atoms in total. The van der Waals surface area contributed by atoms with Gasteiger partial charge in [-0.2, -0.15) is 0 Å². The Morgan fingerprint density at radius 1 is 0.862 bits per heavy atom. The van der Waals surface area contributed by atoms with Gasteiger partial charge < -0.3 is 4.90 Å². The van der Waals surface area contributed by atoms with Crippen LogP contribution in [0.3, 0.4) is 0 Å². The fourth-order valence-electron chi connectivity index (χ4n) is 3.88. The Labute approximate surface area is 172 Å². The molecule has 1 aliphatic rings. The molecule has 0 N–H and O–H groups in total. The summed E-state index contributed by atoms with van der Waals surface area (Å²) in [5, 5.41) is 0. The van der Waals surface area contributed by atoms with Crippen molar-refractivity contribution in [2.75, 3.05) is 31.1 Å². The first kappa shape index (κ1) is 19.3. The molecule has 1 aliphatic heterocycles. The number of aldehydes is 1. The molecule has 2 heterocycles. The van der Waals surface area contributed by atoms with Crippen LogP contribution in [0.2, 0.25) is 0 Å². The highest BCUT2D eigenvalue weighted by atomic mass is 16.1. The van der Waals surface area contributed by atoms with E-state index in [-0.39, 0.29) is 6.17 Å². The quantitative estimate of drug-likeness (QED) is 0.581. The van der Waals surface area contributed by atoms with E-state index >= 15 is 0 Å². The van der Waals surface area contributed by atoms with Gasteiger partial charge in [0.05, 0.1) is 0 Å². The highest BCUT2D eigenvalue weighted by molar-refractivity contribution is 5.74. The van der Waals surface area contributed by atoms with Crippen molar-refractivity contribution >= 4 is 17.7 Å². The number of carbonyl (C=O) groups excluding carboxylic acids is 1. The van der Waals surface area contributed by atoms with Crippen molar-refractivity contribution in [3.8, 4) is 0 Å². The number of nitrogens with zero attached hydrogens (tertiary/aromatic N) is 4. The van der Waals surface area contributed by atoms with Gasteiger partial charge in [0.15, 0.2) is 6.29 Å². The molecule has 1 atom stereocenters. The van der Waals surface area contributed by atoms with Crippen LogP contribution in [0.1, 0.15) is 5.56 Å². The molecular formula is C24H26N4O. The van der Waals surface area contributed by atoms with E-state index in [0.29, 0.717) is 0 Å². The van der Waals surface area contributed by atoms with Crippen LogP contribution in [0, 0.1) is 0 Å². The maximum atomic E-state index is 12.3. The Hall–Kier alpha value is -3.02. The summed E-state index contributed by atoms with van der Waals surface area (Å²) in [5.74, 6) is 0. The van der Waals surface area contributed by atoms with Crippen LogP contribution in [0.15, 0.2) is 85.2 Å². The second kappa shape index (κ2) is 9.45. The summed E-state index contributed by atoms with van der Waals surface area (Å²) < 4.78 is 0. The first-order valence-electron chi connectivity index (χ1n) is 10.0. The lowest BCUT2D eigenvalue weighted by Gasteiger charge is -2.42. The van der Waals surface area contributed by atoms with E-state index in [1.54, 1.807) is 6.20 Å². The third-order valence-corrected chi connectivity index (χ3v) is 5.36. The lowest BCUT2D eigenvalue weighted by atomic mass is 10.2. The topological polar surface area (TPSA) is 39.7 Å². The van der Waals surface area contributed by atoms with Crippen molar-refractivity contribution in [1.29, 1.82) is 0 Å². The van der Waals surface area contributed by atoms with Gasteiger partial charge in [-0.05, 0) is 35.9 Å². The summed E-state index contributed by atoms with van der Waals surface area (Å²) in [6.45, 7) is 4.45. The number of aromatic nitrogens is 1. The van der Waals surface area contributed by atoms with Crippen LogP contribution < -0.4 is 4.90 Å². The van der Waals surface area contributed by atoms with Crippen molar-refractivity contribution < 1.29 is 4.79 Å². The Morgan fingerprint density at radius 3 is 2.00 bits per heavy atom. The molecule has 5 heteroatoms. The Bertz CT molecular complexity index is 841. The third-order valence-electron chi connectivity index (χ3n) is 5.36. The molecule has 1 saturated heterocycles. The smallest absolute Gasteiger partial charge is 0.157 e. The second-order valence-corrected chi connectivity index (χ2v) is 7.26. The molecule has 0 bridgehead atoms. The summed E-state index contributed by atoms with van der Waals surface area (Å²) in [7, 11) is 0. The summed E-state index contributed by atoms with van der Waals surface area (Å²) in [6, 6.07) is 24.4. The maximum Gasteiger partial charge on any atom is 0.157 e. The van der Waals surface area contributed by atoms with E-state index in [0.717, 1.165) is 50.4 Å². The molecule has 0 saturated carbocycles. The zero-order valence-electron chi connectivity index (χ0n) is 16.5. The summed E-state index contributed by atoms with van der Waals surface area (Å²) in [6.07, 6.45) is 4.46. The molecule has 0 spiro atoms. The molecule has 3 aromatic rings. The molecule has 4 rings (SSSR count). The van der Waals surface area contributed by atoms with Crippen LogP contribution in [0.4, 0.5) is 11.4 Å². The number of para-hydroxylation sites is 2. The van der Waals surface area contributed by atoms with Gasteiger partial charge in [0.25, 0.3) is 0 Å². The van der Waals surface area contributed by atoms with Gasteiger partial charge in [0.2, 0.25) is 0 Å². The van der Waals surface area contributed by atoms with Gasteiger partial charge in [0, 0.05) is 56.5 Å². The van der Waals surface area contributed by atoms with Gasteiger partial charge >= 0.3 is 0 Å². The summed E-state index contributed by atoms with van der Waals surface area (Å²) in [4.78, 5) is 23.3. The van der Waals surface area contributed by atoms with Gasteiger partial charge in [-0.3, -0.25) is 19.6 Å². The van der Waals surface area contributed by atoms with Crippen LogP contribution in [-0.4, -0.2) is 53.4 Å². The molecule has 148 valence electrons.